The Kier molecular flexibility index (Phi) is 3.82. The number of anilines is 2. The molecule has 2 unspecified atom stereocenters. The Bertz CT molecular complexity index is 390. The summed E-state index contributed by atoms with van der Waals surface area (Å²) in [4.78, 5) is 2.07. The molecule has 0 heterocycles. The second kappa shape index (κ2) is 5.18. The number of rotatable bonds is 3. The zero-order valence-corrected chi connectivity index (χ0v) is 11.6. The summed E-state index contributed by atoms with van der Waals surface area (Å²) in [6, 6.07) is 6.67. The van der Waals surface area contributed by atoms with Gasteiger partial charge in [-0.3, -0.25) is 0 Å². The van der Waals surface area contributed by atoms with Gasteiger partial charge in [0.25, 0.3) is 0 Å². The average Bonchev–Trinajstić information content (AvgIpc) is 2.63. The topological polar surface area (TPSA) is 15.3 Å². The van der Waals surface area contributed by atoms with Crippen molar-refractivity contribution in [3.63, 3.8) is 0 Å². The molecule has 2 atom stereocenters. The molecule has 1 aliphatic carbocycles. The quantitative estimate of drug-likeness (QED) is 0.875. The van der Waals surface area contributed by atoms with Gasteiger partial charge in [0.05, 0.1) is 16.4 Å². The molecule has 1 aromatic rings. The fourth-order valence-corrected chi connectivity index (χ4v) is 2.99. The van der Waals surface area contributed by atoms with Crippen LogP contribution in [0.4, 0.5) is 11.4 Å². The van der Waals surface area contributed by atoms with Crippen molar-refractivity contribution >= 4 is 23.0 Å². The highest BCUT2D eigenvalue weighted by molar-refractivity contribution is 6.34. The Morgan fingerprint density at radius 1 is 1.29 bits per heavy atom. The van der Waals surface area contributed by atoms with Crippen molar-refractivity contribution in [2.24, 2.45) is 5.92 Å². The van der Waals surface area contributed by atoms with Gasteiger partial charge in [-0.25, -0.2) is 0 Å². The van der Waals surface area contributed by atoms with Gasteiger partial charge in [0.15, 0.2) is 0 Å². The molecule has 0 amide bonds. The van der Waals surface area contributed by atoms with E-state index in [0.29, 0.717) is 6.04 Å². The Morgan fingerprint density at radius 3 is 2.65 bits per heavy atom. The predicted molar refractivity (Wildman–Crippen MR) is 76.2 cm³/mol. The molecule has 1 saturated carbocycles. The normalized spacial score (nSPS) is 23.8. The SMILES string of the molecule is CC1CCC(Nc2cccc(Cl)c2N(C)C)C1. The summed E-state index contributed by atoms with van der Waals surface area (Å²) in [5, 5.41) is 4.45. The highest BCUT2D eigenvalue weighted by atomic mass is 35.5. The van der Waals surface area contributed by atoms with Crippen LogP contribution < -0.4 is 10.2 Å². The molecule has 1 aromatic carbocycles. The largest absolute Gasteiger partial charge is 0.381 e. The average molecular weight is 253 g/mol. The Hall–Kier alpha value is -0.890. The maximum atomic E-state index is 6.26. The molecule has 17 heavy (non-hydrogen) atoms. The summed E-state index contributed by atoms with van der Waals surface area (Å²) in [6.45, 7) is 2.33. The molecule has 0 saturated heterocycles. The van der Waals surface area contributed by atoms with Gasteiger partial charge in [0.1, 0.15) is 0 Å². The molecule has 0 aromatic heterocycles. The van der Waals surface area contributed by atoms with Gasteiger partial charge in [-0.2, -0.15) is 0 Å². The van der Waals surface area contributed by atoms with E-state index in [1.165, 1.54) is 19.3 Å². The zero-order valence-electron chi connectivity index (χ0n) is 10.8. The van der Waals surface area contributed by atoms with Crippen molar-refractivity contribution in [1.29, 1.82) is 0 Å². The smallest absolute Gasteiger partial charge is 0.0786 e. The van der Waals surface area contributed by atoms with Crippen LogP contribution in [0.5, 0.6) is 0 Å². The van der Waals surface area contributed by atoms with Gasteiger partial charge in [-0.1, -0.05) is 24.6 Å². The van der Waals surface area contributed by atoms with Crippen LogP contribution in [0.1, 0.15) is 26.2 Å². The molecular formula is C14H21ClN2. The van der Waals surface area contributed by atoms with Crippen molar-refractivity contribution in [1.82, 2.24) is 0 Å². The number of nitrogens with one attached hydrogen (secondary N) is 1. The highest BCUT2D eigenvalue weighted by Crippen LogP contribution is 2.35. The lowest BCUT2D eigenvalue weighted by atomic mass is 10.1. The van der Waals surface area contributed by atoms with Crippen LogP contribution >= 0.6 is 11.6 Å². The summed E-state index contributed by atoms with van der Waals surface area (Å²) in [5.41, 5.74) is 2.25. The number of benzene rings is 1. The second-order valence-corrected chi connectivity index (χ2v) is 5.70. The van der Waals surface area contributed by atoms with E-state index < -0.39 is 0 Å². The van der Waals surface area contributed by atoms with Gasteiger partial charge in [-0.05, 0) is 37.3 Å². The van der Waals surface area contributed by atoms with Crippen LogP contribution in [0.25, 0.3) is 0 Å². The first-order valence-electron chi connectivity index (χ1n) is 6.30. The molecule has 94 valence electrons. The monoisotopic (exact) mass is 252 g/mol. The second-order valence-electron chi connectivity index (χ2n) is 5.29. The lowest BCUT2D eigenvalue weighted by molar-refractivity contribution is 0.602. The molecule has 0 spiro atoms. The molecule has 2 rings (SSSR count). The van der Waals surface area contributed by atoms with Gasteiger partial charge in [-0.15, -0.1) is 0 Å². The number of para-hydroxylation sites is 1. The highest BCUT2D eigenvalue weighted by Gasteiger charge is 2.22. The Balaban J connectivity index is 2.17. The maximum Gasteiger partial charge on any atom is 0.0786 e. The minimum atomic E-state index is 0.599. The van der Waals surface area contributed by atoms with E-state index in [2.05, 4.69) is 23.2 Å². The van der Waals surface area contributed by atoms with Crippen LogP contribution in [0.2, 0.25) is 5.02 Å². The van der Waals surface area contributed by atoms with Crippen LogP contribution in [0.3, 0.4) is 0 Å². The third-order valence-corrected chi connectivity index (χ3v) is 3.79. The van der Waals surface area contributed by atoms with E-state index in [1.54, 1.807) is 0 Å². The first-order chi connectivity index (χ1) is 8.08. The minimum Gasteiger partial charge on any atom is -0.381 e. The van der Waals surface area contributed by atoms with Gasteiger partial charge in [0, 0.05) is 20.1 Å². The summed E-state index contributed by atoms with van der Waals surface area (Å²) in [5.74, 6) is 0.842. The Labute approximate surface area is 109 Å². The fraction of sp³-hybridized carbons (Fsp3) is 0.571. The van der Waals surface area contributed by atoms with Crippen LogP contribution in [0, 0.1) is 5.92 Å². The molecule has 2 nitrogen and oxygen atoms in total. The van der Waals surface area contributed by atoms with Crippen LogP contribution in [-0.2, 0) is 0 Å². The summed E-state index contributed by atoms with van der Waals surface area (Å²) >= 11 is 6.26. The summed E-state index contributed by atoms with van der Waals surface area (Å²) < 4.78 is 0. The van der Waals surface area contributed by atoms with Crippen molar-refractivity contribution in [3.05, 3.63) is 23.2 Å². The van der Waals surface area contributed by atoms with Crippen LogP contribution in [-0.4, -0.2) is 20.1 Å². The number of halogens is 1. The number of hydrogen-bond acceptors (Lipinski definition) is 2. The lowest BCUT2D eigenvalue weighted by Crippen LogP contribution is -2.19. The molecule has 1 aliphatic rings. The van der Waals surface area contributed by atoms with Crippen molar-refractivity contribution in [2.45, 2.75) is 32.2 Å². The van der Waals surface area contributed by atoms with E-state index in [9.17, 15) is 0 Å². The standard InChI is InChI=1S/C14H21ClN2/c1-10-7-8-11(9-10)16-13-6-4-5-12(15)14(13)17(2)3/h4-6,10-11,16H,7-9H2,1-3H3. The van der Waals surface area contributed by atoms with Crippen molar-refractivity contribution in [2.75, 3.05) is 24.3 Å². The molecule has 0 aliphatic heterocycles. The van der Waals surface area contributed by atoms with E-state index in [0.717, 1.165) is 22.3 Å². The molecular weight excluding hydrogens is 232 g/mol. The molecule has 1 N–H and O–H groups in total. The summed E-state index contributed by atoms with van der Waals surface area (Å²) in [6.07, 6.45) is 3.86. The number of nitrogens with zero attached hydrogens (tertiary/aromatic N) is 1. The van der Waals surface area contributed by atoms with Gasteiger partial charge >= 0.3 is 0 Å². The minimum absolute atomic E-state index is 0.599. The lowest BCUT2D eigenvalue weighted by Gasteiger charge is -2.22. The first-order valence-corrected chi connectivity index (χ1v) is 6.68. The molecule has 3 heteroatoms. The van der Waals surface area contributed by atoms with E-state index in [4.69, 9.17) is 11.6 Å². The molecule has 0 bridgehead atoms. The van der Waals surface area contributed by atoms with Crippen molar-refractivity contribution < 1.29 is 0 Å². The van der Waals surface area contributed by atoms with Gasteiger partial charge in [0.2, 0.25) is 0 Å². The third-order valence-electron chi connectivity index (χ3n) is 3.49. The van der Waals surface area contributed by atoms with Crippen molar-refractivity contribution in [3.8, 4) is 0 Å². The predicted octanol–water partition coefficient (Wildman–Crippen LogP) is 4.01. The summed E-state index contributed by atoms with van der Waals surface area (Å²) in [7, 11) is 4.06. The van der Waals surface area contributed by atoms with E-state index in [-0.39, 0.29) is 0 Å². The molecule has 1 fully saturated rings. The van der Waals surface area contributed by atoms with Gasteiger partial charge < -0.3 is 10.2 Å². The maximum absolute atomic E-state index is 6.26. The third kappa shape index (κ3) is 2.86. The Morgan fingerprint density at radius 2 is 2.06 bits per heavy atom. The van der Waals surface area contributed by atoms with E-state index in [1.807, 2.05) is 26.2 Å². The van der Waals surface area contributed by atoms with Crippen LogP contribution in [0.15, 0.2) is 18.2 Å². The molecule has 0 radical (unpaired) electrons. The first kappa shape index (κ1) is 12.6. The van der Waals surface area contributed by atoms with E-state index >= 15 is 0 Å². The number of hydrogen-bond donors (Lipinski definition) is 1. The zero-order chi connectivity index (χ0) is 12.4. The fourth-order valence-electron chi connectivity index (χ4n) is 2.64.